The minimum atomic E-state index is -0.00141. The number of aliphatic hydroxyl groups excluding tert-OH is 1. The Balaban J connectivity index is 2.41. The van der Waals surface area contributed by atoms with Crippen LogP contribution in [0.25, 0.3) is 0 Å². The third-order valence-electron chi connectivity index (χ3n) is 3.79. The average Bonchev–Trinajstić information content (AvgIpc) is 2.38. The Kier molecular flexibility index (Phi) is 7.08. The van der Waals surface area contributed by atoms with Gasteiger partial charge in [-0.2, -0.15) is 0 Å². The van der Waals surface area contributed by atoms with Crippen LogP contribution < -0.4 is 0 Å². The molecule has 1 fully saturated rings. The van der Waals surface area contributed by atoms with E-state index in [1.54, 1.807) is 11.8 Å². The molecule has 1 saturated carbocycles. The smallest absolute Gasteiger partial charge is 0.235 e. The summed E-state index contributed by atoms with van der Waals surface area (Å²) in [4.78, 5) is 14.3. The van der Waals surface area contributed by atoms with E-state index in [1.807, 2.05) is 18.9 Å². The van der Waals surface area contributed by atoms with Crippen molar-refractivity contribution in [2.75, 3.05) is 13.7 Å². The first-order chi connectivity index (χ1) is 8.56. The summed E-state index contributed by atoms with van der Waals surface area (Å²) in [6.45, 7) is 4.26. The van der Waals surface area contributed by atoms with Crippen molar-refractivity contribution in [3.05, 3.63) is 0 Å². The van der Waals surface area contributed by atoms with Crippen molar-refractivity contribution in [1.29, 1.82) is 0 Å². The highest BCUT2D eigenvalue weighted by Gasteiger charge is 2.26. The Bertz CT molecular complexity index is 254. The summed E-state index contributed by atoms with van der Waals surface area (Å²) in [5.41, 5.74) is 0. The third kappa shape index (κ3) is 4.81. The zero-order chi connectivity index (χ0) is 13.5. The second kappa shape index (κ2) is 8.05. The Morgan fingerprint density at radius 2 is 1.94 bits per heavy atom. The molecule has 0 aromatic carbocycles. The van der Waals surface area contributed by atoms with Crippen molar-refractivity contribution < 1.29 is 9.90 Å². The second-order valence-electron chi connectivity index (χ2n) is 5.34. The Hall–Kier alpha value is -0.220. The first-order valence-electron chi connectivity index (χ1n) is 7.09. The Labute approximate surface area is 115 Å². The number of nitrogens with zero attached hydrogens (tertiary/aromatic N) is 1. The molecule has 0 heterocycles. The molecule has 0 aromatic rings. The fraction of sp³-hybridized carbons (Fsp3) is 0.929. The van der Waals surface area contributed by atoms with Gasteiger partial charge in [-0.25, -0.2) is 0 Å². The van der Waals surface area contributed by atoms with Gasteiger partial charge in [-0.1, -0.05) is 26.2 Å². The van der Waals surface area contributed by atoms with E-state index in [1.165, 1.54) is 19.3 Å². The maximum atomic E-state index is 12.3. The molecule has 0 bridgehead atoms. The van der Waals surface area contributed by atoms with Crippen LogP contribution in [0.15, 0.2) is 0 Å². The number of thioether (sulfide) groups is 1. The molecule has 1 aliphatic rings. The lowest BCUT2D eigenvalue weighted by atomic mass is 9.94. The lowest BCUT2D eigenvalue weighted by Crippen LogP contribution is -2.42. The van der Waals surface area contributed by atoms with Crippen molar-refractivity contribution in [3.8, 4) is 0 Å². The van der Waals surface area contributed by atoms with Crippen molar-refractivity contribution in [2.45, 2.75) is 68.9 Å². The third-order valence-corrected chi connectivity index (χ3v) is 5.10. The Morgan fingerprint density at radius 1 is 1.33 bits per heavy atom. The molecule has 2 atom stereocenters. The number of hydrogen-bond donors (Lipinski definition) is 1. The normalized spacial score (nSPS) is 20.4. The van der Waals surface area contributed by atoms with E-state index in [9.17, 15) is 4.79 Å². The minimum Gasteiger partial charge on any atom is -0.396 e. The van der Waals surface area contributed by atoms with E-state index in [0.29, 0.717) is 11.3 Å². The average molecular weight is 273 g/mol. The lowest BCUT2D eigenvalue weighted by Gasteiger charge is -2.33. The molecule has 1 N–H and O–H groups in total. The molecule has 0 aromatic heterocycles. The standard InChI is InChI=1S/C14H27NO2S/c1-11(9-10-16)18-12(2)14(17)15(3)13-7-5-4-6-8-13/h11-13,16H,4-10H2,1-3H3/t11-,12-/m0/s1. The van der Waals surface area contributed by atoms with Crippen LogP contribution in [0.4, 0.5) is 0 Å². The fourth-order valence-corrected chi connectivity index (χ4v) is 3.81. The van der Waals surface area contributed by atoms with Crippen molar-refractivity contribution in [1.82, 2.24) is 4.90 Å². The largest absolute Gasteiger partial charge is 0.396 e. The molecule has 0 unspecified atom stereocenters. The maximum Gasteiger partial charge on any atom is 0.235 e. The summed E-state index contributed by atoms with van der Waals surface area (Å²) in [5, 5.41) is 9.23. The summed E-state index contributed by atoms with van der Waals surface area (Å²) in [6, 6.07) is 0.447. The van der Waals surface area contributed by atoms with E-state index in [0.717, 1.165) is 19.3 Å². The van der Waals surface area contributed by atoms with Gasteiger partial charge in [-0.05, 0) is 26.2 Å². The summed E-state index contributed by atoms with van der Waals surface area (Å²) in [5.74, 6) is 0.247. The van der Waals surface area contributed by atoms with Crippen LogP contribution >= 0.6 is 11.8 Å². The number of aliphatic hydroxyl groups is 1. The number of rotatable bonds is 6. The molecule has 0 spiro atoms. The fourth-order valence-electron chi connectivity index (χ4n) is 2.59. The molecule has 1 rings (SSSR count). The molecule has 4 heteroatoms. The predicted octanol–water partition coefficient (Wildman–Crippen LogP) is 2.67. The van der Waals surface area contributed by atoms with Gasteiger partial charge < -0.3 is 10.0 Å². The Morgan fingerprint density at radius 3 is 2.50 bits per heavy atom. The van der Waals surface area contributed by atoms with Gasteiger partial charge in [0.2, 0.25) is 5.91 Å². The molecule has 1 amide bonds. The highest BCUT2D eigenvalue weighted by Crippen LogP contribution is 2.26. The van der Waals surface area contributed by atoms with E-state index in [-0.39, 0.29) is 17.8 Å². The van der Waals surface area contributed by atoms with E-state index < -0.39 is 0 Å². The number of hydrogen-bond acceptors (Lipinski definition) is 3. The van der Waals surface area contributed by atoms with Crippen LogP contribution in [0.3, 0.4) is 0 Å². The number of amides is 1. The van der Waals surface area contributed by atoms with Crippen molar-refractivity contribution >= 4 is 17.7 Å². The zero-order valence-electron chi connectivity index (χ0n) is 11.9. The molecule has 18 heavy (non-hydrogen) atoms. The molecule has 0 radical (unpaired) electrons. The lowest BCUT2D eigenvalue weighted by molar-refractivity contribution is -0.131. The highest BCUT2D eigenvalue weighted by atomic mass is 32.2. The number of carbonyl (C=O) groups excluding carboxylic acids is 1. The quantitative estimate of drug-likeness (QED) is 0.809. The predicted molar refractivity (Wildman–Crippen MR) is 77.9 cm³/mol. The van der Waals surface area contributed by atoms with Gasteiger partial charge >= 0.3 is 0 Å². The van der Waals surface area contributed by atoms with Crippen LogP contribution in [0.5, 0.6) is 0 Å². The molecule has 1 aliphatic carbocycles. The molecule has 106 valence electrons. The van der Waals surface area contributed by atoms with E-state index in [4.69, 9.17) is 5.11 Å². The van der Waals surface area contributed by atoms with Crippen LogP contribution in [0, 0.1) is 0 Å². The van der Waals surface area contributed by atoms with Gasteiger partial charge in [0, 0.05) is 24.9 Å². The molecule has 0 aliphatic heterocycles. The monoisotopic (exact) mass is 273 g/mol. The van der Waals surface area contributed by atoms with Gasteiger partial charge in [-0.3, -0.25) is 4.79 Å². The molecule has 0 saturated heterocycles. The molecular weight excluding hydrogens is 246 g/mol. The first kappa shape index (κ1) is 15.8. The van der Waals surface area contributed by atoms with Crippen molar-refractivity contribution in [2.24, 2.45) is 0 Å². The van der Waals surface area contributed by atoms with Gasteiger partial charge in [0.1, 0.15) is 0 Å². The second-order valence-corrected chi connectivity index (χ2v) is 7.13. The number of carbonyl (C=O) groups is 1. The topological polar surface area (TPSA) is 40.5 Å². The van der Waals surface area contributed by atoms with Gasteiger partial charge in [0.25, 0.3) is 0 Å². The molecule has 3 nitrogen and oxygen atoms in total. The van der Waals surface area contributed by atoms with Crippen LogP contribution in [-0.4, -0.2) is 46.1 Å². The summed E-state index contributed by atoms with van der Waals surface area (Å²) >= 11 is 1.67. The SMILES string of the molecule is C[C@H](S[C@@H](C)CCO)C(=O)N(C)C1CCCCC1. The highest BCUT2D eigenvalue weighted by molar-refractivity contribution is 8.01. The van der Waals surface area contributed by atoms with Crippen LogP contribution in [0.2, 0.25) is 0 Å². The van der Waals surface area contributed by atoms with Crippen LogP contribution in [0.1, 0.15) is 52.4 Å². The van der Waals surface area contributed by atoms with Crippen LogP contribution in [-0.2, 0) is 4.79 Å². The first-order valence-corrected chi connectivity index (χ1v) is 8.03. The van der Waals surface area contributed by atoms with Gasteiger partial charge in [-0.15, -0.1) is 11.8 Å². The van der Waals surface area contributed by atoms with Crippen molar-refractivity contribution in [3.63, 3.8) is 0 Å². The summed E-state index contributed by atoms with van der Waals surface area (Å²) in [7, 11) is 1.95. The summed E-state index contributed by atoms with van der Waals surface area (Å²) in [6.07, 6.45) is 6.90. The van der Waals surface area contributed by atoms with Gasteiger partial charge in [0.05, 0.1) is 5.25 Å². The minimum absolute atomic E-state index is 0.00141. The van der Waals surface area contributed by atoms with E-state index in [2.05, 4.69) is 6.92 Å². The zero-order valence-corrected chi connectivity index (χ0v) is 12.7. The van der Waals surface area contributed by atoms with Gasteiger partial charge in [0.15, 0.2) is 0 Å². The maximum absolute atomic E-state index is 12.3. The summed E-state index contributed by atoms with van der Waals surface area (Å²) < 4.78 is 0. The van der Waals surface area contributed by atoms with E-state index >= 15 is 0 Å². The molecular formula is C14H27NO2S.